The van der Waals surface area contributed by atoms with Crippen LogP contribution in [0, 0.1) is 0 Å². The molecular formula is C26H31N2O3+. The predicted molar refractivity (Wildman–Crippen MR) is 122 cm³/mol. The first-order valence-electron chi connectivity index (χ1n) is 10.5. The van der Waals surface area contributed by atoms with Gasteiger partial charge in [0.25, 0.3) is 5.91 Å². The first kappa shape index (κ1) is 22.4. The monoisotopic (exact) mass is 419 g/mol. The van der Waals surface area contributed by atoms with Gasteiger partial charge >= 0.3 is 0 Å². The number of hydrogen-bond donors (Lipinski definition) is 2. The molecule has 1 amide bonds. The largest absolute Gasteiger partial charge is 0.497 e. The number of amides is 1. The minimum atomic E-state index is -0.248. The first-order valence-corrected chi connectivity index (χ1v) is 10.5. The summed E-state index contributed by atoms with van der Waals surface area (Å²) in [6.45, 7) is 2.61. The van der Waals surface area contributed by atoms with Crippen LogP contribution >= 0.6 is 0 Å². The molecule has 0 fully saturated rings. The number of quaternary nitrogens is 1. The third-order valence-electron chi connectivity index (χ3n) is 5.65. The predicted octanol–water partition coefficient (Wildman–Crippen LogP) is 3.01. The molecule has 0 saturated carbocycles. The second-order valence-electron chi connectivity index (χ2n) is 7.69. The van der Waals surface area contributed by atoms with Gasteiger partial charge in [0.05, 0.1) is 27.3 Å². The Kier molecular flexibility index (Phi) is 7.68. The highest BCUT2D eigenvalue weighted by molar-refractivity contribution is 5.80. The maximum Gasteiger partial charge on any atom is 0.278 e. The van der Waals surface area contributed by atoms with Gasteiger partial charge in [-0.05, 0) is 30.2 Å². The van der Waals surface area contributed by atoms with E-state index < -0.39 is 0 Å². The fourth-order valence-electron chi connectivity index (χ4n) is 3.59. The minimum absolute atomic E-state index is 0.00249. The molecule has 0 saturated heterocycles. The van der Waals surface area contributed by atoms with Crippen molar-refractivity contribution in [2.75, 3.05) is 21.3 Å². The number of ether oxygens (including phenoxy) is 2. The number of hydrogen-bond acceptors (Lipinski definition) is 3. The molecule has 0 aliphatic rings. The van der Waals surface area contributed by atoms with Gasteiger partial charge in [-0.1, -0.05) is 60.7 Å². The fraction of sp³-hybridized carbons (Fsp3) is 0.269. The van der Waals surface area contributed by atoms with E-state index in [2.05, 4.69) is 5.32 Å². The number of carbonyl (C=O) groups excluding carboxylic acids is 1. The average Bonchev–Trinajstić information content (AvgIpc) is 2.83. The lowest BCUT2D eigenvalue weighted by atomic mass is 9.98. The summed E-state index contributed by atoms with van der Waals surface area (Å²) in [5.41, 5.74) is 3.15. The molecule has 0 radical (unpaired) electrons. The molecule has 2 N–H and O–H groups in total. The van der Waals surface area contributed by atoms with Crippen LogP contribution in [0.1, 0.15) is 29.7 Å². The number of methoxy groups -OCH3 is 2. The molecule has 31 heavy (non-hydrogen) atoms. The van der Waals surface area contributed by atoms with Crippen molar-refractivity contribution in [3.05, 3.63) is 95.6 Å². The number of carbonyl (C=O) groups is 1. The lowest BCUT2D eigenvalue weighted by Crippen LogP contribution is -3.12. The Labute approximate surface area is 184 Å². The lowest BCUT2D eigenvalue weighted by molar-refractivity contribution is -0.908. The summed E-state index contributed by atoms with van der Waals surface area (Å²) in [5, 5.41) is 3.25. The normalized spacial score (nSPS) is 12.8. The summed E-state index contributed by atoms with van der Waals surface area (Å²) in [4.78, 5) is 14.3. The summed E-state index contributed by atoms with van der Waals surface area (Å²) in [6, 6.07) is 25.4. The van der Waals surface area contributed by atoms with Crippen LogP contribution in [0.2, 0.25) is 0 Å². The molecule has 0 aliphatic carbocycles. The van der Waals surface area contributed by atoms with Gasteiger partial charge in [0.2, 0.25) is 0 Å². The van der Waals surface area contributed by atoms with Crippen molar-refractivity contribution >= 4 is 5.91 Å². The highest BCUT2D eigenvalue weighted by Gasteiger charge is 2.26. The zero-order chi connectivity index (χ0) is 22.2. The van der Waals surface area contributed by atoms with E-state index in [-0.39, 0.29) is 18.0 Å². The standard InChI is InChI=1S/C26H30N2O3/c1-19(28(2)18-22-15-16-23(30-3)17-24(22)31-4)26(29)27-25(20-11-7-5-8-12-20)21-13-9-6-10-14-21/h5-17,19,25H,18H2,1-4H3,(H,27,29)/p+1/t19-/m0/s1. The molecule has 0 bridgehead atoms. The second-order valence-corrected chi connectivity index (χ2v) is 7.69. The summed E-state index contributed by atoms with van der Waals surface area (Å²) < 4.78 is 10.8. The van der Waals surface area contributed by atoms with Gasteiger partial charge in [-0.3, -0.25) is 4.79 Å². The van der Waals surface area contributed by atoms with Crippen LogP contribution in [-0.4, -0.2) is 33.2 Å². The molecule has 162 valence electrons. The van der Waals surface area contributed by atoms with Crippen molar-refractivity contribution in [2.45, 2.75) is 25.6 Å². The quantitative estimate of drug-likeness (QED) is 0.561. The number of benzene rings is 3. The van der Waals surface area contributed by atoms with E-state index in [9.17, 15) is 4.79 Å². The van der Waals surface area contributed by atoms with Gasteiger partial charge < -0.3 is 19.7 Å². The Bertz CT molecular complexity index is 937. The molecule has 0 heterocycles. The van der Waals surface area contributed by atoms with E-state index in [1.165, 1.54) is 0 Å². The van der Waals surface area contributed by atoms with Gasteiger partial charge in [0.15, 0.2) is 6.04 Å². The number of rotatable bonds is 9. The van der Waals surface area contributed by atoms with Crippen LogP contribution in [-0.2, 0) is 11.3 Å². The van der Waals surface area contributed by atoms with Crippen molar-refractivity contribution < 1.29 is 19.2 Å². The van der Waals surface area contributed by atoms with E-state index >= 15 is 0 Å². The third-order valence-corrected chi connectivity index (χ3v) is 5.65. The summed E-state index contributed by atoms with van der Waals surface area (Å²) >= 11 is 0. The molecule has 3 aromatic carbocycles. The van der Waals surface area contributed by atoms with Crippen molar-refractivity contribution in [1.82, 2.24) is 5.32 Å². The van der Waals surface area contributed by atoms with E-state index in [0.717, 1.165) is 33.1 Å². The molecule has 3 aromatic rings. The van der Waals surface area contributed by atoms with E-state index in [4.69, 9.17) is 9.47 Å². The van der Waals surface area contributed by atoms with Crippen molar-refractivity contribution in [3.8, 4) is 11.5 Å². The third kappa shape index (κ3) is 5.64. The molecule has 0 aliphatic heterocycles. The van der Waals surface area contributed by atoms with Crippen LogP contribution < -0.4 is 19.7 Å². The fourth-order valence-corrected chi connectivity index (χ4v) is 3.59. The maximum atomic E-state index is 13.2. The van der Waals surface area contributed by atoms with E-state index in [0.29, 0.717) is 6.54 Å². The van der Waals surface area contributed by atoms with Crippen LogP contribution in [0.5, 0.6) is 11.5 Å². The minimum Gasteiger partial charge on any atom is -0.497 e. The highest BCUT2D eigenvalue weighted by atomic mass is 16.5. The molecule has 5 heteroatoms. The Hall–Kier alpha value is -3.31. The Morgan fingerprint density at radius 3 is 2.00 bits per heavy atom. The molecule has 5 nitrogen and oxygen atoms in total. The first-order chi connectivity index (χ1) is 15.0. The van der Waals surface area contributed by atoms with Crippen LogP contribution in [0.4, 0.5) is 0 Å². The van der Waals surface area contributed by atoms with Crippen LogP contribution in [0.25, 0.3) is 0 Å². The van der Waals surface area contributed by atoms with Gasteiger partial charge in [0.1, 0.15) is 18.0 Å². The van der Waals surface area contributed by atoms with Crippen LogP contribution in [0.15, 0.2) is 78.9 Å². The Morgan fingerprint density at radius 2 is 1.48 bits per heavy atom. The molecule has 0 spiro atoms. The molecule has 3 rings (SSSR count). The van der Waals surface area contributed by atoms with E-state index in [1.807, 2.05) is 92.8 Å². The van der Waals surface area contributed by atoms with Crippen LogP contribution in [0.3, 0.4) is 0 Å². The molecule has 1 unspecified atom stereocenters. The zero-order valence-corrected chi connectivity index (χ0v) is 18.6. The molecule has 2 atom stereocenters. The van der Waals surface area contributed by atoms with Gasteiger partial charge in [-0.25, -0.2) is 0 Å². The smallest absolute Gasteiger partial charge is 0.278 e. The van der Waals surface area contributed by atoms with Crippen molar-refractivity contribution in [3.63, 3.8) is 0 Å². The number of likely N-dealkylation sites (N-methyl/N-ethyl adjacent to an activating group) is 1. The SMILES string of the molecule is COc1ccc(C[NH+](C)[C@@H](C)C(=O)NC(c2ccccc2)c2ccccc2)c(OC)c1. The van der Waals surface area contributed by atoms with Crippen molar-refractivity contribution in [1.29, 1.82) is 0 Å². The lowest BCUT2D eigenvalue weighted by Gasteiger charge is -2.25. The number of nitrogens with one attached hydrogen (secondary N) is 2. The Balaban J connectivity index is 1.75. The summed E-state index contributed by atoms with van der Waals surface area (Å²) in [7, 11) is 5.30. The highest BCUT2D eigenvalue weighted by Crippen LogP contribution is 2.24. The summed E-state index contributed by atoms with van der Waals surface area (Å²) in [6.07, 6.45) is 0. The second kappa shape index (κ2) is 10.6. The Morgan fingerprint density at radius 1 is 0.903 bits per heavy atom. The summed E-state index contributed by atoms with van der Waals surface area (Å²) in [5.74, 6) is 1.51. The van der Waals surface area contributed by atoms with Gasteiger partial charge in [-0.15, -0.1) is 0 Å². The van der Waals surface area contributed by atoms with Gasteiger partial charge in [-0.2, -0.15) is 0 Å². The van der Waals surface area contributed by atoms with Gasteiger partial charge in [0, 0.05) is 11.6 Å². The molecule has 0 aromatic heterocycles. The van der Waals surface area contributed by atoms with E-state index in [1.54, 1.807) is 14.2 Å². The zero-order valence-electron chi connectivity index (χ0n) is 18.6. The average molecular weight is 420 g/mol. The topological polar surface area (TPSA) is 52.0 Å². The van der Waals surface area contributed by atoms with Crippen molar-refractivity contribution in [2.24, 2.45) is 0 Å². The molecular weight excluding hydrogens is 388 g/mol. The maximum absolute atomic E-state index is 13.2.